The van der Waals surface area contributed by atoms with Gasteiger partial charge in [-0.2, -0.15) is 0 Å². The quantitative estimate of drug-likeness (QED) is 0.646. The molecule has 0 aromatic rings. The average molecular weight is 209 g/mol. The molecule has 0 atom stereocenters. The maximum Gasteiger partial charge on any atom is 0.000978 e. The maximum atomic E-state index is 2.75. The molecule has 0 saturated heterocycles. The van der Waals surface area contributed by atoms with Crippen LogP contribution in [0.2, 0.25) is 0 Å². The van der Waals surface area contributed by atoms with Crippen LogP contribution in [0.15, 0.2) is 0 Å². The van der Waals surface area contributed by atoms with Crippen molar-refractivity contribution in [2.24, 2.45) is 17.3 Å². The second kappa shape index (κ2) is 4.45. The summed E-state index contributed by atoms with van der Waals surface area (Å²) in [5, 5.41) is 0. The molecule has 2 aliphatic carbocycles. The summed E-state index contributed by atoms with van der Waals surface area (Å²) in [6.45, 7) is 11.2. The van der Waals surface area contributed by atoms with E-state index >= 15 is 0 Å². The van der Waals surface area contributed by atoms with Gasteiger partial charge in [0.05, 0.1) is 0 Å². The average Bonchev–Trinajstić information content (AvgIpc) is 2.92. The van der Waals surface area contributed by atoms with Crippen molar-refractivity contribution in [1.29, 1.82) is 0 Å². The fraction of sp³-hybridized carbons (Fsp3) is 1.00. The zero-order valence-electron chi connectivity index (χ0n) is 10.8. The molecule has 0 aliphatic heterocycles. The molecule has 0 aromatic carbocycles. The fourth-order valence-electron chi connectivity index (χ4n) is 2.08. The van der Waals surface area contributed by atoms with E-state index in [9.17, 15) is 0 Å². The van der Waals surface area contributed by atoms with Crippen molar-refractivity contribution in [3.05, 3.63) is 0 Å². The van der Waals surface area contributed by atoms with Crippen LogP contribution in [0.1, 0.15) is 52.9 Å². The molecule has 88 valence electrons. The van der Waals surface area contributed by atoms with Gasteiger partial charge in [-0.25, -0.2) is 0 Å². The Morgan fingerprint density at radius 3 is 1.73 bits per heavy atom. The van der Waals surface area contributed by atoms with Gasteiger partial charge in [0.15, 0.2) is 0 Å². The normalized spacial score (nSPS) is 22.4. The lowest BCUT2D eigenvalue weighted by Crippen LogP contribution is -2.31. The third-order valence-corrected chi connectivity index (χ3v) is 3.60. The van der Waals surface area contributed by atoms with Gasteiger partial charge in [-0.15, -0.1) is 0 Å². The highest BCUT2D eigenvalue weighted by molar-refractivity contribution is 4.82. The molecule has 0 aromatic heterocycles. The van der Waals surface area contributed by atoms with Crippen molar-refractivity contribution >= 4 is 0 Å². The molecule has 0 radical (unpaired) electrons. The maximum absolute atomic E-state index is 2.75. The van der Waals surface area contributed by atoms with Crippen LogP contribution in [-0.4, -0.2) is 24.5 Å². The molecule has 2 aliphatic rings. The monoisotopic (exact) mass is 209 g/mol. The molecule has 0 N–H and O–H groups in total. The third-order valence-electron chi connectivity index (χ3n) is 3.60. The highest BCUT2D eigenvalue weighted by Crippen LogP contribution is 2.34. The molecule has 2 saturated carbocycles. The fourth-order valence-corrected chi connectivity index (χ4v) is 2.08. The van der Waals surface area contributed by atoms with E-state index in [2.05, 4.69) is 25.7 Å². The van der Waals surface area contributed by atoms with Crippen LogP contribution in [0.4, 0.5) is 0 Å². The summed E-state index contributed by atoms with van der Waals surface area (Å²) in [5.74, 6) is 2.12. The lowest BCUT2D eigenvalue weighted by molar-refractivity contribution is 0.213. The van der Waals surface area contributed by atoms with Gasteiger partial charge < -0.3 is 4.90 Å². The van der Waals surface area contributed by atoms with Crippen molar-refractivity contribution in [2.45, 2.75) is 52.9 Å². The molecule has 2 rings (SSSR count). The van der Waals surface area contributed by atoms with E-state index < -0.39 is 0 Å². The van der Waals surface area contributed by atoms with Crippen LogP contribution in [0.3, 0.4) is 0 Å². The molecule has 0 unspecified atom stereocenters. The summed E-state index contributed by atoms with van der Waals surface area (Å²) in [7, 11) is 0. The van der Waals surface area contributed by atoms with E-state index in [0.29, 0.717) is 5.41 Å². The smallest absolute Gasteiger partial charge is 0.000978 e. The summed E-state index contributed by atoms with van der Waals surface area (Å²) < 4.78 is 0. The van der Waals surface area contributed by atoms with Gasteiger partial charge in [0.2, 0.25) is 0 Å². The second-order valence-corrected chi connectivity index (χ2v) is 6.96. The highest BCUT2D eigenvalue weighted by Gasteiger charge is 2.29. The van der Waals surface area contributed by atoms with Gasteiger partial charge in [0, 0.05) is 13.1 Å². The van der Waals surface area contributed by atoms with Crippen LogP contribution in [0.5, 0.6) is 0 Å². The summed E-state index contributed by atoms with van der Waals surface area (Å²) in [5.41, 5.74) is 0.505. The molecular weight excluding hydrogens is 182 g/mol. The molecule has 0 spiro atoms. The molecule has 1 heteroatoms. The zero-order valence-corrected chi connectivity index (χ0v) is 10.8. The largest absolute Gasteiger partial charge is 0.303 e. The van der Waals surface area contributed by atoms with Crippen LogP contribution < -0.4 is 0 Å². The van der Waals surface area contributed by atoms with E-state index in [1.165, 1.54) is 51.7 Å². The van der Waals surface area contributed by atoms with E-state index in [4.69, 9.17) is 0 Å². The van der Waals surface area contributed by atoms with Crippen LogP contribution in [-0.2, 0) is 0 Å². The molecule has 1 nitrogen and oxygen atoms in total. The first-order valence-corrected chi connectivity index (χ1v) is 6.75. The first-order chi connectivity index (χ1) is 7.03. The Morgan fingerprint density at radius 1 is 0.933 bits per heavy atom. The predicted molar refractivity (Wildman–Crippen MR) is 66.0 cm³/mol. The Balaban J connectivity index is 1.70. The molecule has 0 heterocycles. The van der Waals surface area contributed by atoms with E-state index in [1.807, 2.05) is 0 Å². The van der Waals surface area contributed by atoms with Crippen LogP contribution in [0.25, 0.3) is 0 Å². The summed E-state index contributed by atoms with van der Waals surface area (Å²) in [4.78, 5) is 2.75. The lowest BCUT2D eigenvalue weighted by atomic mass is 9.92. The Hall–Kier alpha value is -0.0400. The van der Waals surface area contributed by atoms with Crippen LogP contribution >= 0.6 is 0 Å². The summed E-state index contributed by atoms with van der Waals surface area (Å²) >= 11 is 0. The topological polar surface area (TPSA) is 3.24 Å². The Labute approximate surface area is 95.2 Å². The first-order valence-electron chi connectivity index (χ1n) is 6.75. The zero-order chi connectivity index (χ0) is 10.9. The minimum atomic E-state index is 0.505. The standard InChI is InChI=1S/C14H27N/c1-14(2,3)8-9-15(10-12-4-5-12)11-13-6-7-13/h12-13H,4-11H2,1-3H3. The minimum absolute atomic E-state index is 0.505. The Bertz CT molecular complexity index is 182. The Morgan fingerprint density at radius 2 is 1.40 bits per heavy atom. The van der Waals surface area contributed by atoms with Gasteiger partial charge >= 0.3 is 0 Å². The van der Waals surface area contributed by atoms with Gasteiger partial charge in [0.25, 0.3) is 0 Å². The first kappa shape index (κ1) is 11.4. The van der Waals surface area contributed by atoms with E-state index in [0.717, 1.165) is 11.8 Å². The number of hydrogen-bond donors (Lipinski definition) is 0. The van der Waals surface area contributed by atoms with Gasteiger partial charge in [-0.05, 0) is 55.9 Å². The van der Waals surface area contributed by atoms with Crippen molar-refractivity contribution in [3.8, 4) is 0 Å². The van der Waals surface area contributed by atoms with Crippen molar-refractivity contribution < 1.29 is 0 Å². The van der Waals surface area contributed by atoms with Crippen molar-refractivity contribution in [3.63, 3.8) is 0 Å². The second-order valence-electron chi connectivity index (χ2n) is 6.96. The van der Waals surface area contributed by atoms with Crippen molar-refractivity contribution in [1.82, 2.24) is 4.90 Å². The van der Waals surface area contributed by atoms with Crippen molar-refractivity contribution in [2.75, 3.05) is 19.6 Å². The Kier molecular flexibility index (Phi) is 3.39. The van der Waals surface area contributed by atoms with Crippen LogP contribution in [0, 0.1) is 17.3 Å². The SMILES string of the molecule is CC(C)(C)CCN(CC1CC1)CC1CC1. The predicted octanol–water partition coefficient (Wildman–Crippen LogP) is 3.54. The minimum Gasteiger partial charge on any atom is -0.303 e. The van der Waals surface area contributed by atoms with Gasteiger partial charge in [0.1, 0.15) is 0 Å². The molecule has 15 heavy (non-hydrogen) atoms. The highest BCUT2D eigenvalue weighted by atomic mass is 15.1. The summed E-state index contributed by atoms with van der Waals surface area (Å²) in [6, 6.07) is 0. The van der Waals surface area contributed by atoms with E-state index in [-0.39, 0.29) is 0 Å². The molecule has 2 fully saturated rings. The molecule has 0 bridgehead atoms. The van der Waals surface area contributed by atoms with E-state index in [1.54, 1.807) is 0 Å². The lowest BCUT2D eigenvalue weighted by Gasteiger charge is -2.26. The molecular formula is C14H27N. The van der Waals surface area contributed by atoms with Gasteiger partial charge in [-0.1, -0.05) is 20.8 Å². The number of nitrogens with zero attached hydrogens (tertiary/aromatic N) is 1. The summed E-state index contributed by atoms with van der Waals surface area (Å²) in [6.07, 6.45) is 7.34. The van der Waals surface area contributed by atoms with Gasteiger partial charge in [-0.3, -0.25) is 0 Å². The molecule has 0 amide bonds. The third kappa shape index (κ3) is 5.01. The number of hydrogen-bond acceptors (Lipinski definition) is 1. The number of rotatable bonds is 6.